The van der Waals surface area contributed by atoms with Crippen molar-refractivity contribution in [2.75, 3.05) is 36.5 Å². The summed E-state index contributed by atoms with van der Waals surface area (Å²) in [5.41, 5.74) is 1.38. The van der Waals surface area contributed by atoms with E-state index >= 15 is 0 Å². The van der Waals surface area contributed by atoms with Crippen LogP contribution in [0.2, 0.25) is 0 Å². The minimum absolute atomic E-state index is 0.0609. The molecular formula is C18H22F2N8O. The van der Waals surface area contributed by atoms with E-state index in [1.165, 1.54) is 0 Å². The third-order valence-corrected chi connectivity index (χ3v) is 5.48. The number of alkyl halides is 2. The Kier molecular flexibility index (Phi) is 4.34. The summed E-state index contributed by atoms with van der Waals surface area (Å²) in [6.45, 7) is 2.93. The van der Waals surface area contributed by atoms with Crippen LogP contribution in [-0.2, 0) is 4.74 Å². The van der Waals surface area contributed by atoms with Crippen LogP contribution in [0, 0.1) is 0 Å². The molecule has 0 unspecified atom stereocenters. The number of aromatic nitrogens is 6. The Morgan fingerprint density at radius 1 is 1.41 bits per heavy atom. The zero-order valence-electron chi connectivity index (χ0n) is 16.0. The summed E-state index contributed by atoms with van der Waals surface area (Å²) in [4.78, 5) is 11.1. The minimum atomic E-state index is -1.29. The molecule has 0 aromatic carbocycles. The van der Waals surface area contributed by atoms with Gasteiger partial charge in [-0.1, -0.05) is 0 Å². The van der Waals surface area contributed by atoms with Crippen LogP contribution in [-0.4, -0.2) is 74.0 Å². The second-order valence-electron chi connectivity index (χ2n) is 7.85. The fraction of sp³-hybridized carbons (Fsp3) is 0.556. The smallest absolute Gasteiger partial charge is 0.243 e. The Morgan fingerprint density at radius 2 is 2.31 bits per heavy atom. The van der Waals surface area contributed by atoms with Gasteiger partial charge in [-0.2, -0.15) is 14.6 Å². The predicted molar refractivity (Wildman–Crippen MR) is 102 cm³/mol. The van der Waals surface area contributed by atoms with Crippen LogP contribution >= 0.6 is 0 Å². The highest BCUT2D eigenvalue weighted by Crippen LogP contribution is 2.37. The third-order valence-electron chi connectivity index (χ3n) is 5.48. The number of nitrogens with one attached hydrogen (secondary N) is 2. The topological polar surface area (TPSA) is 96.3 Å². The fourth-order valence-electron chi connectivity index (χ4n) is 3.94. The first-order chi connectivity index (χ1) is 14.0. The van der Waals surface area contributed by atoms with Crippen molar-refractivity contribution in [3.8, 4) is 11.3 Å². The number of nitrogens with zero attached hydrogens (tertiary/aromatic N) is 6. The van der Waals surface area contributed by atoms with Gasteiger partial charge < -0.3 is 15.0 Å². The highest BCUT2D eigenvalue weighted by Gasteiger charge is 2.36. The summed E-state index contributed by atoms with van der Waals surface area (Å²) in [6, 6.07) is -0.410. The summed E-state index contributed by atoms with van der Waals surface area (Å²) in [5, 5.41) is 14.3. The van der Waals surface area contributed by atoms with Crippen molar-refractivity contribution < 1.29 is 13.5 Å². The predicted octanol–water partition coefficient (Wildman–Crippen LogP) is 1.99. The lowest BCUT2D eigenvalue weighted by molar-refractivity contribution is 0.0284. The highest BCUT2D eigenvalue weighted by molar-refractivity contribution is 5.85. The molecule has 2 saturated heterocycles. The van der Waals surface area contributed by atoms with Crippen LogP contribution in [0.4, 0.5) is 20.4 Å². The molecule has 3 aromatic heterocycles. The molecule has 11 heteroatoms. The molecule has 0 saturated carbocycles. The number of hydrogen-bond acceptors (Lipinski definition) is 7. The van der Waals surface area contributed by atoms with E-state index in [1.54, 1.807) is 30.2 Å². The average molecular weight is 404 g/mol. The average Bonchev–Trinajstić information content (AvgIpc) is 3.42. The van der Waals surface area contributed by atoms with Gasteiger partial charge in [0.05, 0.1) is 25.4 Å². The summed E-state index contributed by atoms with van der Waals surface area (Å²) < 4.78 is 35.4. The van der Waals surface area contributed by atoms with Crippen LogP contribution in [0.25, 0.3) is 16.9 Å². The first-order valence-electron chi connectivity index (χ1n) is 9.67. The van der Waals surface area contributed by atoms with E-state index in [9.17, 15) is 8.78 Å². The number of fused-ring (bicyclic) bond motifs is 1. The number of rotatable bonds is 4. The molecule has 9 nitrogen and oxygen atoms in total. The normalized spacial score (nSPS) is 27.6. The van der Waals surface area contributed by atoms with Gasteiger partial charge in [-0.3, -0.25) is 5.10 Å². The number of H-pyrrole nitrogens is 1. The quantitative estimate of drug-likeness (QED) is 0.687. The van der Waals surface area contributed by atoms with Crippen LogP contribution in [0.1, 0.15) is 19.8 Å². The molecule has 3 atom stereocenters. The molecule has 5 heterocycles. The second-order valence-corrected chi connectivity index (χ2v) is 7.85. The van der Waals surface area contributed by atoms with Crippen molar-refractivity contribution in [2.24, 2.45) is 0 Å². The third kappa shape index (κ3) is 3.39. The number of ether oxygens (including phenoxy) is 1. The highest BCUT2D eigenvalue weighted by atomic mass is 19.1. The van der Waals surface area contributed by atoms with Gasteiger partial charge >= 0.3 is 0 Å². The Bertz CT molecular complexity index is 1000. The summed E-state index contributed by atoms with van der Waals surface area (Å²) in [6.07, 6.45) is 4.79. The van der Waals surface area contributed by atoms with E-state index in [1.807, 2.05) is 4.90 Å². The maximum atomic E-state index is 14.6. The van der Waals surface area contributed by atoms with E-state index in [-0.39, 0.29) is 13.2 Å². The zero-order valence-corrected chi connectivity index (χ0v) is 16.0. The largest absolute Gasteiger partial charge is 0.378 e. The van der Waals surface area contributed by atoms with E-state index in [0.29, 0.717) is 49.0 Å². The number of hydrogen-bond donors (Lipinski definition) is 2. The lowest BCUT2D eigenvalue weighted by atomic mass is 10.1. The van der Waals surface area contributed by atoms with E-state index in [4.69, 9.17) is 4.74 Å². The van der Waals surface area contributed by atoms with Gasteiger partial charge in [0.1, 0.15) is 29.5 Å². The molecule has 0 spiro atoms. The van der Waals surface area contributed by atoms with Crippen molar-refractivity contribution in [1.29, 1.82) is 0 Å². The van der Waals surface area contributed by atoms with Crippen LogP contribution < -0.4 is 10.2 Å². The van der Waals surface area contributed by atoms with E-state index in [0.717, 1.165) is 5.56 Å². The first-order valence-corrected chi connectivity index (χ1v) is 9.67. The minimum Gasteiger partial charge on any atom is -0.378 e. The van der Waals surface area contributed by atoms with Gasteiger partial charge in [-0.25, -0.2) is 13.8 Å². The molecule has 5 rings (SSSR count). The lowest BCUT2D eigenvalue weighted by Crippen LogP contribution is -2.39. The van der Waals surface area contributed by atoms with Crippen molar-refractivity contribution in [3.05, 3.63) is 18.7 Å². The van der Waals surface area contributed by atoms with Crippen molar-refractivity contribution in [3.63, 3.8) is 0 Å². The van der Waals surface area contributed by atoms with Gasteiger partial charge in [0.25, 0.3) is 0 Å². The van der Waals surface area contributed by atoms with Gasteiger partial charge in [0.2, 0.25) is 5.95 Å². The SMILES string of the molecule is C[C@@]1(F)CCN(c2c(-c3cn[nH]c3)ncn3nc(N[C@H]4CCOC[C@H]4F)nc23)C1. The lowest BCUT2D eigenvalue weighted by Gasteiger charge is -2.26. The van der Waals surface area contributed by atoms with Crippen molar-refractivity contribution in [2.45, 2.75) is 37.6 Å². The van der Waals surface area contributed by atoms with Gasteiger partial charge in [-0.05, 0) is 13.3 Å². The standard InChI is InChI=1S/C18H22F2N8O/c1-18(20)3-4-27(9-18)15-14(11-6-22-23-7-11)21-10-28-16(15)25-17(26-28)24-13-2-5-29-8-12(13)19/h6-7,10,12-13H,2-5,8-9H2,1H3,(H,22,23)(H,24,26)/t12-,13+,18-/m1/s1. The molecule has 2 aliphatic rings. The van der Waals surface area contributed by atoms with Gasteiger partial charge in [-0.15, -0.1) is 5.10 Å². The van der Waals surface area contributed by atoms with Crippen molar-refractivity contribution >= 4 is 17.3 Å². The number of anilines is 2. The molecule has 0 amide bonds. The van der Waals surface area contributed by atoms with Crippen LogP contribution in [0.5, 0.6) is 0 Å². The maximum absolute atomic E-state index is 14.6. The van der Waals surface area contributed by atoms with Crippen LogP contribution in [0.15, 0.2) is 18.7 Å². The van der Waals surface area contributed by atoms with Crippen LogP contribution in [0.3, 0.4) is 0 Å². The Morgan fingerprint density at radius 3 is 3.03 bits per heavy atom. The molecule has 0 radical (unpaired) electrons. The molecule has 29 heavy (non-hydrogen) atoms. The molecule has 3 aromatic rings. The second kappa shape index (κ2) is 6.90. The molecule has 0 aliphatic carbocycles. The first kappa shape index (κ1) is 18.2. The molecular weight excluding hydrogens is 382 g/mol. The zero-order chi connectivity index (χ0) is 20.0. The summed E-state index contributed by atoms with van der Waals surface area (Å²) in [5.74, 6) is 0.314. The fourth-order valence-corrected chi connectivity index (χ4v) is 3.94. The summed E-state index contributed by atoms with van der Waals surface area (Å²) >= 11 is 0. The number of halogens is 2. The van der Waals surface area contributed by atoms with Gasteiger partial charge in [0.15, 0.2) is 5.65 Å². The Balaban J connectivity index is 1.56. The van der Waals surface area contributed by atoms with Crippen molar-refractivity contribution in [1.82, 2.24) is 29.8 Å². The van der Waals surface area contributed by atoms with Gasteiger partial charge in [0, 0.05) is 31.3 Å². The number of aromatic amines is 1. The Labute approximate surface area is 165 Å². The monoisotopic (exact) mass is 404 g/mol. The molecule has 2 fully saturated rings. The van der Waals surface area contributed by atoms with E-state index < -0.39 is 17.9 Å². The molecule has 154 valence electrons. The maximum Gasteiger partial charge on any atom is 0.243 e. The molecule has 2 N–H and O–H groups in total. The summed E-state index contributed by atoms with van der Waals surface area (Å²) in [7, 11) is 0. The molecule has 2 aliphatic heterocycles. The Hall–Kier alpha value is -2.82. The molecule has 0 bridgehead atoms. The van der Waals surface area contributed by atoms with E-state index in [2.05, 4.69) is 30.6 Å².